The van der Waals surface area contributed by atoms with Gasteiger partial charge in [-0.3, -0.25) is 19.7 Å². The van der Waals surface area contributed by atoms with E-state index in [4.69, 9.17) is 14.5 Å². The molecule has 2 aliphatic rings. The number of carbonyl (C=O) groups excluding carboxylic acids is 2. The van der Waals surface area contributed by atoms with Gasteiger partial charge < -0.3 is 14.0 Å². The summed E-state index contributed by atoms with van der Waals surface area (Å²) in [5, 5.41) is 11.9. The molecule has 0 unspecified atom stereocenters. The predicted molar refractivity (Wildman–Crippen MR) is 135 cm³/mol. The average molecular weight is 511 g/mol. The first-order valence-electron chi connectivity index (χ1n) is 12.1. The van der Waals surface area contributed by atoms with Crippen LogP contribution in [-0.4, -0.2) is 26.4 Å². The first-order chi connectivity index (χ1) is 18.3. The molecular formula is C28H21N3O7. The molecule has 6 rings (SSSR count). The fraction of sp³-hybridized carbons (Fsp3) is 0.214. The second-order valence-corrected chi connectivity index (χ2v) is 9.33. The minimum absolute atomic E-state index is 0.0474. The number of pyridine rings is 2. The molecule has 0 aliphatic carbocycles. The number of carbonyl (C=O) groups is 2. The molecule has 0 radical (unpaired) electrons. The van der Waals surface area contributed by atoms with Gasteiger partial charge in [0.2, 0.25) is 5.60 Å². The van der Waals surface area contributed by atoms with Crippen molar-refractivity contribution in [1.82, 2.24) is 9.55 Å². The van der Waals surface area contributed by atoms with Crippen LogP contribution < -0.4 is 5.56 Å². The minimum atomic E-state index is -1.81. The molecule has 1 atom stereocenters. The van der Waals surface area contributed by atoms with Crippen molar-refractivity contribution in [3.63, 3.8) is 0 Å². The standard InChI is InChI=1S/C28H21N3O7/c1-2-28(38-24(32)11-16-7-9-19(10-8-16)31(35)36)21-13-23-25-18(12-17-5-3-4-6-22(17)29-25)14-30(23)26(33)20(21)15-37-27(28)34/h3-10,12-13H,2,11,14-15H2,1H3/t28-/m0/s1. The van der Waals surface area contributed by atoms with Crippen LogP contribution >= 0.6 is 0 Å². The van der Waals surface area contributed by atoms with Gasteiger partial charge in [-0.25, -0.2) is 9.78 Å². The number of ether oxygens (including phenoxy) is 2. The van der Waals surface area contributed by atoms with Gasteiger partial charge in [0.1, 0.15) is 6.61 Å². The van der Waals surface area contributed by atoms with E-state index in [9.17, 15) is 24.5 Å². The molecule has 4 aromatic rings. The monoisotopic (exact) mass is 511 g/mol. The molecule has 2 aliphatic heterocycles. The van der Waals surface area contributed by atoms with Crippen molar-refractivity contribution < 1.29 is 24.0 Å². The first-order valence-corrected chi connectivity index (χ1v) is 12.1. The van der Waals surface area contributed by atoms with Crippen molar-refractivity contribution >= 4 is 28.5 Å². The number of hydrogen-bond acceptors (Lipinski definition) is 8. The number of aromatic nitrogens is 2. The molecule has 0 saturated heterocycles. The quantitative estimate of drug-likeness (QED) is 0.198. The molecule has 0 bridgehead atoms. The van der Waals surface area contributed by atoms with Crippen molar-refractivity contribution in [3.05, 3.63) is 103 Å². The number of rotatable bonds is 5. The lowest BCUT2D eigenvalue weighted by atomic mass is 9.85. The van der Waals surface area contributed by atoms with Crippen LogP contribution in [0, 0.1) is 10.1 Å². The lowest BCUT2D eigenvalue weighted by Gasteiger charge is -2.35. The number of hydrogen-bond donors (Lipinski definition) is 0. The fourth-order valence-electron chi connectivity index (χ4n) is 5.22. The largest absolute Gasteiger partial charge is 0.457 e. The molecule has 10 heteroatoms. The zero-order valence-electron chi connectivity index (χ0n) is 20.3. The number of nitrogens with zero attached hydrogens (tertiary/aromatic N) is 3. The Bertz CT molecular complexity index is 1730. The maximum absolute atomic E-state index is 13.6. The third kappa shape index (κ3) is 3.56. The van der Waals surface area contributed by atoms with Crippen molar-refractivity contribution in [2.45, 2.75) is 38.5 Å². The van der Waals surface area contributed by atoms with Crippen molar-refractivity contribution in [1.29, 1.82) is 0 Å². The number of para-hydroxylation sites is 1. The molecular weight excluding hydrogens is 490 g/mol. The van der Waals surface area contributed by atoms with Gasteiger partial charge in [0.25, 0.3) is 11.2 Å². The highest BCUT2D eigenvalue weighted by Crippen LogP contribution is 2.41. The zero-order valence-corrected chi connectivity index (χ0v) is 20.3. The Balaban J connectivity index is 1.41. The number of fused-ring (bicyclic) bond motifs is 5. The number of nitro groups is 1. The third-order valence-electron chi connectivity index (χ3n) is 7.17. The normalized spacial score (nSPS) is 17.3. The van der Waals surface area contributed by atoms with E-state index in [1.54, 1.807) is 17.6 Å². The Morgan fingerprint density at radius 2 is 1.92 bits per heavy atom. The van der Waals surface area contributed by atoms with Gasteiger partial charge in [0, 0.05) is 28.6 Å². The number of non-ortho nitro benzene ring substituents is 1. The van der Waals surface area contributed by atoms with Gasteiger partial charge in [0.05, 0.1) is 40.4 Å². The van der Waals surface area contributed by atoms with E-state index in [0.29, 0.717) is 29.1 Å². The lowest BCUT2D eigenvalue weighted by Crippen LogP contribution is -2.47. The van der Waals surface area contributed by atoms with E-state index < -0.39 is 22.5 Å². The molecule has 2 aromatic heterocycles. The van der Waals surface area contributed by atoms with E-state index in [2.05, 4.69) is 0 Å². The van der Waals surface area contributed by atoms with Gasteiger partial charge in [0.15, 0.2) is 0 Å². The van der Waals surface area contributed by atoms with Crippen LogP contribution in [0.1, 0.15) is 35.6 Å². The topological polar surface area (TPSA) is 131 Å². The van der Waals surface area contributed by atoms with Gasteiger partial charge in [-0.1, -0.05) is 37.3 Å². The summed E-state index contributed by atoms with van der Waals surface area (Å²) in [6.45, 7) is 1.79. The first kappa shape index (κ1) is 23.5. The molecule has 0 amide bonds. The smallest absolute Gasteiger partial charge is 0.355 e. The molecule has 2 aromatic carbocycles. The Hall–Kier alpha value is -4.86. The summed E-state index contributed by atoms with van der Waals surface area (Å²) in [7, 11) is 0. The molecule has 0 saturated carbocycles. The molecule has 0 N–H and O–H groups in total. The summed E-state index contributed by atoms with van der Waals surface area (Å²) in [6.07, 6.45) is -0.172. The summed E-state index contributed by atoms with van der Waals surface area (Å²) in [5.74, 6) is -1.48. The zero-order chi connectivity index (χ0) is 26.6. The highest BCUT2D eigenvalue weighted by molar-refractivity contribution is 5.88. The van der Waals surface area contributed by atoms with Crippen molar-refractivity contribution in [2.75, 3.05) is 0 Å². The van der Waals surface area contributed by atoms with Crippen LogP contribution in [-0.2, 0) is 44.2 Å². The van der Waals surface area contributed by atoms with E-state index in [0.717, 1.165) is 16.5 Å². The summed E-state index contributed by atoms with van der Waals surface area (Å²) in [4.78, 5) is 54.9. The van der Waals surface area contributed by atoms with Crippen LogP contribution in [0.2, 0.25) is 0 Å². The lowest BCUT2D eigenvalue weighted by molar-refractivity contribution is -0.384. The minimum Gasteiger partial charge on any atom is -0.457 e. The Labute approximate surface area is 215 Å². The second-order valence-electron chi connectivity index (χ2n) is 9.33. The summed E-state index contributed by atoms with van der Waals surface area (Å²) < 4.78 is 12.8. The van der Waals surface area contributed by atoms with E-state index >= 15 is 0 Å². The molecule has 38 heavy (non-hydrogen) atoms. The Morgan fingerprint density at radius 1 is 1.16 bits per heavy atom. The number of cyclic esters (lactones) is 1. The predicted octanol–water partition coefficient (Wildman–Crippen LogP) is 3.78. The summed E-state index contributed by atoms with van der Waals surface area (Å²) in [6, 6.07) is 16.9. The second kappa shape index (κ2) is 8.62. The summed E-state index contributed by atoms with van der Waals surface area (Å²) >= 11 is 0. The number of benzene rings is 2. The van der Waals surface area contributed by atoms with E-state index in [1.165, 1.54) is 24.3 Å². The van der Waals surface area contributed by atoms with Gasteiger partial charge in [-0.05, 0) is 30.2 Å². The van der Waals surface area contributed by atoms with Crippen LogP contribution in [0.5, 0.6) is 0 Å². The highest BCUT2D eigenvalue weighted by Gasteiger charge is 2.50. The summed E-state index contributed by atoms with van der Waals surface area (Å²) in [5.41, 5.74) is 1.66. The maximum atomic E-state index is 13.6. The molecule has 0 fully saturated rings. The SMILES string of the molecule is CC[C@@]1(OC(=O)Cc2ccc([N+](=O)[O-])cc2)C(=O)OCc2c1cc1n(c2=O)Cc2cc3ccccc3nc2-1. The van der Waals surface area contributed by atoms with E-state index in [1.807, 2.05) is 30.3 Å². The molecule has 10 nitrogen and oxygen atoms in total. The van der Waals surface area contributed by atoms with Gasteiger partial charge in [-0.15, -0.1) is 0 Å². The number of esters is 2. The van der Waals surface area contributed by atoms with E-state index in [-0.39, 0.29) is 36.3 Å². The highest BCUT2D eigenvalue weighted by atomic mass is 16.6. The van der Waals surface area contributed by atoms with Gasteiger partial charge in [-0.2, -0.15) is 0 Å². The number of nitro benzene ring substituents is 1. The average Bonchev–Trinajstić information content (AvgIpc) is 3.27. The maximum Gasteiger partial charge on any atom is 0.355 e. The van der Waals surface area contributed by atoms with Crippen molar-refractivity contribution in [2.24, 2.45) is 0 Å². The van der Waals surface area contributed by atoms with Crippen LogP contribution in [0.4, 0.5) is 5.69 Å². The van der Waals surface area contributed by atoms with Crippen LogP contribution in [0.15, 0.2) is 65.5 Å². The Morgan fingerprint density at radius 3 is 2.66 bits per heavy atom. The molecule has 190 valence electrons. The third-order valence-corrected chi connectivity index (χ3v) is 7.17. The van der Waals surface area contributed by atoms with Crippen LogP contribution in [0.3, 0.4) is 0 Å². The molecule has 4 heterocycles. The fourth-order valence-corrected chi connectivity index (χ4v) is 5.22. The van der Waals surface area contributed by atoms with Crippen molar-refractivity contribution in [3.8, 4) is 11.4 Å². The van der Waals surface area contributed by atoms with Gasteiger partial charge >= 0.3 is 11.9 Å². The van der Waals surface area contributed by atoms with Crippen LogP contribution in [0.25, 0.3) is 22.3 Å². The molecule has 0 spiro atoms. The Kier molecular flexibility index (Phi) is 5.34.